The van der Waals surface area contributed by atoms with Crippen molar-refractivity contribution in [2.24, 2.45) is 0 Å². The zero-order valence-corrected chi connectivity index (χ0v) is 12.7. The lowest BCUT2D eigenvalue weighted by molar-refractivity contribution is 0.198. The Hall–Kier alpha value is -0.820. The Morgan fingerprint density at radius 2 is 2.11 bits per heavy atom. The highest BCUT2D eigenvalue weighted by atomic mass is 35.5. The molecule has 0 aliphatic rings. The third-order valence-electron chi connectivity index (χ3n) is 2.38. The van der Waals surface area contributed by atoms with Gasteiger partial charge in [-0.1, -0.05) is 11.6 Å². The summed E-state index contributed by atoms with van der Waals surface area (Å²) in [7, 11) is -3.77. The zero-order chi connectivity index (χ0) is 14.6. The number of hydrogen-bond acceptors (Lipinski definition) is 4. The second kappa shape index (κ2) is 6.56. The molecule has 0 heterocycles. The van der Waals surface area contributed by atoms with Gasteiger partial charge in [0.2, 0.25) is 10.0 Å². The van der Waals surface area contributed by atoms with Crippen LogP contribution in [0.25, 0.3) is 0 Å². The van der Waals surface area contributed by atoms with Crippen molar-refractivity contribution in [1.29, 1.82) is 0 Å². The zero-order valence-electron chi connectivity index (χ0n) is 11.1. The normalized spacial score (nSPS) is 13.3. The molecule has 19 heavy (non-hydrogen) atoms. The van der Waals surface area contributed by atoms with Crippen molar-refractivity contribution >= 4 is 21.6 Å². The maximum atomic E-state index is 12.1. The van der Waals surface area contributed by atoms with Gasteiger partial charge in [0.1, 0.15) is 10.6 Å². The molecular weight excluding hydrogens is 290 g/mol. The van der Waals surface area contributed by atoms with E-state index in [1.54, 1.807) is 19.9 Å². The van der Waals surface area contributed by atoms with E-state index in [-0.39, 0.29) is 17.2 Å². The quantitative estimate of drug-likeness (QED) is 0.839. The molecule has 1 rings (SSSR count). The van der Waals surface area contributed by atoms with E-state index >= 15 is 0 Å². The molecular formula is C12H18ClNO4S. The predicted octanol–water partition coefficient (Wildman–Crippen LogP) is 1.71. The number of sulfonamides is 1. The Balaban J connectivity index is 3.20. The van der Waals surface area contributed by atoms with E-state index in [0.29, 0.717) is 11.6 Å². The van der Waals surface area contributed by atoms with Crippen LogP contribution in [-0.4, -0.2) is 32.8 Å². The fourth-order valence-corrected chi connectivity index (χ4v) is 2.92. The molecule has 0 aromatic heterocycles. The third-order valence-corrected chi connectivity index (χ3v) is 4.24. The van der Waals surface area contributed by atoms with Gasteiger partial charge in [0.25, 0.3) is 0 Å². The topological polar surface area (TPSA) is 75.6 Å². The van der Waals surface area contributed by atoms with E-state index in [1.807, 2.05) is 0 Å². The summed E-state index contributed by atoms with van der Waals surface area (Å²) < 4.78 is 31.9. The summed E-state index contributed by atoms with van der Waals surface area (Å²) in [5, 5.41) is 9.50. The summed E-state index contributed by atoms with van der Waals surface area (Å²) in [5.41, 5.74) is 0.736. The minimum absolute atomic E-state index is 0.0226. The standard InChI is InChI=1S/C12H18ClNO4S/c1-4-18-11-5-8(2)10(13)6-12(11)19(16,17)14-7-9(3)15/h5-6,9,14-15H,4,7H2,1-3H3. The van der Waals surface area contributed by atoms with Crippen LogP contribution in [0.1, 0.15) is 19.4 Å². The van der Waals surface area contributed by atoms with Gasteiger partial charge in [-0.3, -0.25) is 0 Å². The summed E-state index contributed by atoms with van der Waals surface area (Å²) in [5.74, 6) is 0.252. The molecule has 5 nitrogen and oxygen atoms in total. The number of halogens is 1. The Bertz CT molecular complexity index is 543. The fraction of sp³-hybridized carbons (Fsp3) is 0.500. The average molecular weight is 308 g/mol. The Labute approximate surface area is 118 Å². The van der Waals surface area contributed by atoms with Gasteiger partial charge in [0.05, 0.1) is 12.7 Å². The summed E-state index contributed by atoms with van der Waals surface area (Å²) in [6.07, 6.45) is -0.772. The molecule has 0 amide bonds. The molecule has 0 spiro atoms. The second-order valence-electron chi connectivity index (χ2n) is 4.18. The first kappa shape index (κ1) is 16.2. The molecule has 2 N–H and O–H groups in total. The van der Waals surface area contributed by atoms with Crippen LogP contribution in [0.2, 0.25) is 5.02 Å². The predicted molar refractivity (Wildman–Crippen MR) is 74.2 cm³/mol. The van der Waals surface area contributed by atoms with Crippen LogP contribution in [-0.2, 0) is 10.0 Å². The van der Waals surface area contributed by atoms with Gasteiger partial charge in [-0.25, -0.2) is 13.1 Å². The number of hydrogen-bond donors (Lipinski definition) is 2. The lowest BCUT2D eigenvalue weighted by atomic mass is 10.2. The summed E-state index contributed by atoms with van der Waals surface area (Å²) in [4.78, 5) is -0.0226. The van der Waals surface area contributed by atoms with Gasteiger partial charge in [-0.05, 0) is 38.5 Å². The van der Waals surface area contributed by atoms with Crippen LogP contribution in [0, 0.1) is 6.92 Å². The fourth-order valence-electron chi connectivity index (χ4n) is 1.42. The summed E-state index contributed by atoms with van der Waals surface area (Å²) in [6, 6.07) is 2.94. The maximum Gasteiger partial charge on any atom is 0.244 e. The van der Waals surface area contributed by atoms with Crippen LogP contribution >= 0.6 is 11.6 Å². The lowest BCUT2D eigenvalue weighted by Gasteiger charge is -2.14. The van der Waals surface area contributed by atoms with Gasteiger partial charge in [-0.15, -0.1) is 0 Å². The second-order valence-corrected chi connectivity index (χ2v) is 6.32. The highest BCUT2D eigenvalue weighted by molar-refractivity contribution is 7.89. The molecule has 7 heteroatoms. The van der Waals surface area contributed by atoms with Crippen molar-refractivity contribution in [3.63, 3.8) is 0 Å². The Kier molecular flexibility index (Phi) is 5.61. The number of aliphatic hydroxyl groups is 1. The monoisotopic (exact) mass is 307 g/mol. The average Bonchev–Trinajstić information content (AvgIpc) is 2.31. The highest BCUT2D eigenvalue weighted by Crippen LogP contribution is 2.30. The molecule has 0 bridgehead atoms. The molecule has 108 valence electrons. The summed E-state index contributed by atoms with van der Waals surface area (Å²) in [6.45, 7) is 5.31. The van der Waals surface area contributed by atoms with Crippen LogP contribution in [0.3, 0.4) is 0 Å². The number of aliphatic hydroxyl groups excluding tert-OH is 1. The molecule has 0 saturated heterocycles. The van der Waals surface area contributed by atoms with E-state index in [0.717, 1.165) is 5.56 Å². The largest absolute Gasteiger partial charge is 0.492 e. The smallest absolute Gasteiger partial charge is 0.244 e. The third kappa shape index (κ3) is 4.35. The first-order valence-corrected chi connectivity index (χ1v) is 7.74. The Morgan fingerprint density at radius 1 is 1.47 bits per heavy atom. The van der Waals surface area contributed by atoms with Gasteiger partial charge >= 0.3 is 0 Å². The molecule has 1 aromatic rings. The minimum atomic E-state index is -3.77. The lowest BCUT2D eigenvalue weighted by Crippen LogP contribution is -2.31. The molecule has 0 fully saturated rings. The van der Waals surface area contributed by atoms with Gasteiger partial charge in [0.15, 0.2) is 0 Å². The van der Waals surface area contributed by atoms with Gasteiger partial charge in [0, 0.05) is 11.6 Å². The van der Waals surface area contributed by atoms with Crippen molar-refractivity contribution in [2.45, 2.75) is 31.8 Å². The van der Waals surface area contributed by atoms with Crippen molar-refractivity contribution < 1.29 is 18.3 Å². The van der Waals surface area contributed by atoms with Crippen LogP contribution in [0.4, 0.5) is 0 Å². The molecule has 1 aromatic carbocycles. The van der Waals surface area contributed by atoms with E-state index in [9.17, 15) is 8.42 Å². The van der Waals surface area contributed by atoms with Gasteiger partial charge < -0.3 is 9.84 Å². The number of ether oxygens (including phenoxy) is 1. The molecule has 0 saturated carbocycles. The van der Waals surface area contributed by atoms with Crippen LogP contribution in [0.5, 0.6) is 5.75 Å². The number of nitrogens with one attached hydrogen (secondary N) is 1. The highest BCUT2D eigenvalue weighted by Gasteiger charge is 2.21. The van der Waals surface area contributed by atoms with Crippen molar-refractivity contribution in [3.05, 3.63) is 22.7 Å². The molecule has 0 aliphatic heterocycles. The summed E-state index contributed by atoms with van der Waals surface area (Å²) >= 11 is 5.96. The van der Waals surface area contributed by atoms with E-state index in [4.69, 9.17) is 21.4 Å². The molecule has 0 aliphatic carbocycles. The molecule has 0 radical (unpaired) electrons. The number of benzene rings is 1. The van der Waals surface area contributed by atoms with E-state index in [2.05, 4.69) is 4.72 Å². The first-order valence-electron chi connectivity index (χ1n) is 5.88. The SMILES string of the molecule is CCOc1cc(C)c(Cl)cc1S(=O)(=O)NCC(C)O. The Morgan fingerprint density at radius 3 is 2.63 bits per heavy atom. The van der Waals surface area contributed by atoms with Gasteiger partial charge in [-0.2, -0.15) is 0 Å². The van der Waals surface area contributed by atoms with E-state index in [1.165, 1.54) is 13.0 Å². The molecule has 1 atom stereocenters. The van der Waals surface area contributed by atoms with Crippen molar-refractivity contribution in [3.8, 4) is 5.75 Å². The van der Waals surface area contributed by atoms with Crippen molar-refractivity contribution in [1.82, 2.24) is 4.72 Å². The van der Waals surface area contributed by atoms with Crippen LogP contribution < -0.4 is 9.46 Å². The van der Waals surface area contributed by atoms with Crippen molar-refractivity contribution in [2.75, 3.05) is 13.2 Å². The number of aryl methyl sites for hydroxylation is 1. The minimum Gasteiger partial charge on any atom is -0.492 e. The maximum absolute atomic E-state index is 12.1. The number of rotatable bonds is 6. The van der Waals surface area contributed by atoms with E-state index < -0.39 is 16.1 Å². The molecule has 1 unspecified atom stereocenters. The van der Waals surface area contributed by atoms with Crippen LogP contribution in [0.15, 0.2) is 17.0 Å². The first-order chi connectivity index (χ1) is 8.77.